The number of carbonyl (C=O) groups is 4. The van der Waals surface area contributed by atoms with Crippen LogP contribution in [-0.4, -0.2) is 112 Å². The lowest BCUT2D eigenvalue weighted by Crippen LogP contribution is -2.70. The maximum atomic E-state index is 17.9. The van der Waals surface area contributed by atoms with Crippen molar-refractivity contribution in [3.05, 3.63) is 310 Å². The predicted molar refractivity (Wildman–Crippen MR) is 388 cm³/mol. The SMILES string of the molecule is COCCOCOc1c(F)cc(C(ON=S2C=C(CC(=O)N[C@H]3C(=O)N4C(C(=O)OCc5ccc(OC)cc5)=C(C=CC[n+]5cccc6ccccc65)CSC34)N=C2NC(c2ccccc2)(c2ccccc2)c2ccccc2)C(=O)OC(c2ccccc2)c2ccccc2)c(F)c1OCOCCOC. The van der Waals surface area contributed by atoms with Gasteiger partial charge in [0.1, 0.15) is 35.0 Å². The van der Waals surface area contributed by atoms with Crippen LogP contribution in [0.15, 0.2) is 269 Å². The second-order valence-corrected chi connectivity index (χ2v) is 26.3. The van der Waals surface area contributed by atoms with E-state index in [9.17, 15) is 14.4 Å². The third kappa shape index (κ3) is 17.2. The predicted octanol–water partition coefficient (Wildman–Crippen LogP) is 12.4. The average Bonchev–Trinajstić information content (AvgIpc) is 0.792. The number of esters is 2. The molecule has 2 amide bonds. The van der Waals surface area contributed by atoms with Gasteiger partial charge in [-0.15, -0.1) is 11.8 Å². The molecule has 8 aromatic carbocycles. The number of hydrogen-bond donors (Lipinski definition) is 2. The van der Waals surface area contributed by atoms with Gasteiger partial charge in [-0.25, -0.2) is 28.2 Å². The lowest BCUT2D eigenvalue weighted by atomic mass is 9.77. The number of aromatic nitrogens is 1. The Bertz CT molecular complexity index is 4500. The van der Waals surface area contributed by atoms with Crippen LogP contribution < -0.4 is 29.4 Å². The van der Waals surface area contributed by atoms with Gasteiger partial charge in [0.15, 0.2) is 49.2 Å². The summed E-state index contributed by atoms with van der Waals surface area (Å²) in [7, 11) is 2.72. The number of hydrogen-bond acceptors (Lipinski definition) is 18. The lowest BCUT2D eigenvalue weighted by Gasteiger charge is -2.49. The Morgan fingerprint density at radius 2 is 1.30 bits per heavy atom. The van der Waals surface area contributed by atoms with Crippen LogP contribution in [0.25, 0.3) is 10.9 Å². The summed E-state index contributed by atoms with van der Waals surface area (Å²) in [5.74, 6) is -6.17. The van der Waals surface area contributed by atoms with Crippen LogP contribution >= 0.6 is 11.8 Å². The van der Waals surface area contributed by atoms with Crippen LogP contribution in [0.2, 0.25) is 0 Å². The van der Waals surface area contributed by atoms with Gasteiger partial charge < -0.3 is 53.3 Å². The van der Waals surface area contributed by atoms with Gasteiger partial charge in [-0.1, -0.05) is 187 Å². The molecule has 1 fully saturated rings. The zero-order valence-corrected chi connectivity index (χ0v) is 58.7. The van der Waals surface area contributed by atoms with E-state index >= 15 is 13.6 Å². The maximum absolute atomic E-state index is 17.9. The molecule has 0 aliphatic carbocycles. The first-order valence-corrected chi connectivity index (χ1v) is 35.6. The highest BCUT2D eigenvalue weighted by molar-refractivity contribution is 8.05. The molecule has 4 heterocycles. The minimum absolute atomic E-state index is 0.0127. The number of nitrogens with zero attached hydrogens (tertiary/aromatic N) is 4. The minimum Gasteiger partial charge on any atom is -0.497 e. The summed E-state index contributed by atoms with van der Waals surface area (Å²) in [4.78, 5) is 72.2. The van der Waals surface area contributed by atoms with Gasteiger partial charge >= 0.3 is 11.9 Å². The second kappa shape index (κ2) is 35.5. The number of fused-ring (bicyclic) bond motifs is 2. The number of β-lactam (4-membered cyclic amide) rings is 1. The molecule has 0 radical (unpaired) electrons. The van der Waals surface area contributed by atoms with Crippen LogP contribution in [0.4, 0.5) is 8.78 Å². The molecule has 2 N–H and O–H groups in total. The molecule has 24 heteroatoms. The van der Waals surface area contributed by atoms with E-state index in [4.69, 9.17) is 57.0 Å². The van der Waals surface area contributed by atoms with Crippen LogP contribution in [0.3, 0.4) is 0 Å². The quantitative estimate of drug-likeness (QED) is 0.00743. The molecule has 9 aromatic rings. The van der Waals surface area contributed by atoms with E-state index in [0.717, 1.165) is 33.7 Å². The van der Waals surface area contributed by atoms with Gasteiger partial charge in [-0.3, -0.25) is 14.5 Å². The highest BCUT2D eigenvalue weighted by Crippen LogP contribution is 2.44. The number of para-hydroxylation sites is 1. The molecule has 104 heavy (non-hydrogen) atoms. The number of rotatable bonds is 33. The first-order chi connectivity index (χ1) is 51.0. The first-order valence-electron chi connectivity index (χ1n) is 33.3. The van der Waals surface area contributed by atoms with Crippen molar-refractivity contribution >= 4 is 62.3 Å². The average molecular weight is 1450 g/mol. The van der Waals surface area contributed by atoms with E-state index in [1.807, 2.05) is 146 Å². The number of ether oxygens (including phenoxy) is 9. The Labute approximate surface area is 606 Å². The van der Waals surface area contributed by atoms with E-state index in [1.165, 1.54) is 30.9 Å². The Balaban J connectivity index is 0.905. The van der Waals surface area contributed by atoms with E-state index in [1.54, 1.807) is 97.4 Å². The zero-order valence-electron chi connectivity index (χ0n) is 57.1. The van der Waals surface area contributed by atoms with Gasteiger partial charge in [-0.2, -0.15) is 4.57 Å². The number of amides is 2. The largest absolute Gasteiger partial charge is 0.497 e. The second-order valence-electron chi connectivity index (χ2n) is 23.8. The van der Waals surface area contributed by atoms with Crippen LogP contribution in [0.5, 0.6) is 17.2 Å². The van der Waals surface area contributed by atoms with Gasteiger partial charge in [0.25, 0.3) is 5.91 Å². The maximum Gasteiger partial charge on any atom is 0.355 e. The minimum atomic E-state index is -2.21. The summed E-state index contributed by atoms with van der Waals surface area (Å²) in [6.45, 7) is -0.433. The Morgan fingerprint density at radius 3 is 1.90 bits per heavy atom. The van der Waals surface area contributed by atoms with Crippen molar-refractivity contribution in [2.24, 2.45) is 9.52 Å². The first kappa shape index (κ1) is 73.1. The number of methoxy groups -OCH3 is 3. The van der Waals surface area contributed by atoms with Crippen molar-refractivity contribution in [3.8, 4) is 17.2 Å². The van der Waals surface area contributed by atoms with Crippen molar-refractivity contribution in [2.75, 3.05) is 67.1 Å². The van der Waals surface area contributed by atoms with E-state index in [2.05, 4.69) is 15.2 Å². The van der Waals surface area contributed by atoms with Gasteiger partial charge in [-0.05, 0) is 75.4 Å². The monoisotopic (exact) mass is 1450 g/mol. The normalized spacial score (nSPS) is 16.0. The van der Waals surface area contributed by atoms with E-state index in [0.29, 0.717) is 34.6 Å². The summed E-state index contributed by atoms with van der Waals surface area (Å²) in [5.41, 5.74) is 3.82. The fraction of sp³-hybridized carbons (Fsp3) is 0.225. The number of halogens is 2. The highest BCUT2D eigenvalue weighted by atomic mass is 32.2. The van der Waals surface area contributed by atoms with Crippen molar-refractivity contribution in [3.63, 3.8) is 0 Å². The Kier molecular flexibility index (Phi) is 24.9. The third-order valence-corrected chi connectivity index (χ3v) is 19.8. The molecule has 0 saturated carbocycles. The van der Waals surface area contributed by atoms with Crippen molar-refractivity contribution in [1.82, 2.24) is 15.5 Å². The molecule has 3 aliphatic heterocycles. The highest BCUT2D eigenvalue weighted by Gasteiger charge is 2.54. The molecule has 1 aromatic heterocycles. The number of nitrogens with one attached hydrogen (secondary N) is 2. The molecule has 3 aliphatic rings. The Morgan fingerprint density at radius 1 is 0.721 bits per heavy atom. The number of aliphatic imine (C=N–C) groups is 1. The van der Waals surface area contributed by atoms with Gasteiger partial charge in [0, 0.05) is 59.2 Å². The van der Waals surface area contributed by atoms with E-state index < -0.39 is 112 Å². The molecular weight excluding hydrogens is 1370 g/mol. The smallest absolute Gasteiger partial charge is 0.355 e. The summed E-state index contributed by atoms with van der Waals surface area (Å²) < 4.78 is 92.0. The lowest BCUT2D eigenvalue weighted by molar-refractivity contribution is -0.661. The Hall–Kier alpha value is -10.7. The van der Waals surface area contributed by atoms with Gasteiger partial charge in [0.05, 0.1) is 45.7 Å². The number of carbonyl (C=O) groups excluding carboxylic acids is 4. The summed E-state index contributed by atoms with van der Waals surface area (Å²) in [5, 5.41) is 8.68. The number of thioether (sulfide) groups is 1. The molecule has 4 atom stereocenters. The van der Waals surface area contributed by atoms with Gasteiger partial charge in [0.2, 0.25) is 29.0 Å². The molecule has 3 unspecified atom stereocenters. The summed E-state index contributed by atoms with van der Waals surface area (Å²) in [6, 6.07) is 65.1. The molecule has 1 saturated heterocycles. The van der Waals surface area contributed by atoms with Crippen molar-refractivity contribution < 1.29 is 80.0 Å². The zero-order chi connectivity index (χ0) is 72.2. The number of allylic oxidation sites excluding steroid dienone is 2. The summed E-state index contributed by atoms with van der Waals surface area (Å²) in [6.07, 6.45) is 1.97. The third-order valence-electron chi connectivity index (χ3n) is 17.2. The van der Waals surface area contributed by atoms with Crippen molar-refractivity contribution in [1.29, 1.82) is 0 Å². The fourth-order valence-electron chi connectivity index (χ4n) is 12.1. The fourth-order valence-corrected chi connectivity index (χ4v) is 14.7. The number of amidine groups is 1. The molecule has 0 bridgehead atoms. The van der Waals surface area contributed by atoms with Crippen molar-refractivity contribution in [2.45, 2.75) is 48.7 Å². The molecular formula is C80H75F2N6O14S2+. The molecule has 20 nitrogen and oxygen atoms in total. The van der Waals surface area contributed by atoms with Crippen LogP contribution in [-0.2, 0) is 81.8 Å². The van der Waals surface area contributed by atoms with Crippen LogP contribution in [0.1, 0.15) is 57.6 Å². The number of pyridine rings is 1. The molecule has 0 spiro atoms. The standard InChI is InChI=1S/C80H74F2N6O14S2/c1-93-43-45-96-52-99-73-65(81)48-64(68(82)74(73)100-53-97-46-44-94-2)72(78(92)101-71(56-24-9-4-10-25-56)57-26-11-5-12-27-57)102-86-104-51-62(83-79(104)85-80(59-30-13-6-14-31-59,60-32-15-7-16-33-60)61-34-17-8-18-35-61)47-67(89)84-69-75(90)88-70(77(91)98-49-54-37-39-63(95-3)40-38-54)58(50-103-76(69)88)29-22-42-87-41-21-28-55-23-19-20-36-66(55)87/h4-41,48,51,69,71-72,76H,42-47,49-50,52-53H2,1-3H3,(H-,83,84,85,89)/p+1/t69-,72?,76?,104?/m0/s1. The van der Waals surface area contributed by atoms with Crippen LogP contribution in [0, 0.1) is 11.6 Å². The number of benzene rings is 8. The topological polar surface area (TPSA) is 216 Å². The van der Waals surface area contributed by atoms with E-state index in [-0.39, 0.29) is 55.3 Å². The molecule has 534 valence electrons. The summed E-state index contributed by atoms with van der Waals surface area (Å²) >= 11 is 1.38. The molecule has 12 rings (SSSR count).